The van der Waals surface area contributed by atoms with Gasteiger partial charge in [0, 0.05) is 57.5 Å². The molecule has 0 N–H and O–H groups in total. The Morgan fingerprint density at radius 1 is 1.10 bits per heavy atom. The van der Waals surface area contributed by atoms with Crippen LogP contribution in [0.25, 0.3) is 11.3 Å². The molecule has 2 fully saturated rings. The fourth-order valence-corrected chi connectivity index (χ4v) is 4.87. The summed E-state index contributed by atoms with van der Waals surface area (Å²) in [6.45, 7) is 11.1. The fraction of sp³-hybridized carbons (Fsp3) is 0.600. The summed E-state index contributed by atoms with van der Waals surface area (Å²) >= 11 is 0. The van der Waals surface area contributed by atoms with Gasteiger partial charge < -0.3 is 14.2 Å². The number of aryl methyl sites for hydroxylation is 1. The summed E-state index contributed by atoms with van der Waals surface area (Å²) in [5.74, 6) is 2.38. The number of hydrogen-bond donors (Lipinski definition) is 0. The third kappa shape index (κ3) is 5.55. The van der Waals surface area contributed by atoms with Gasteiger partial charge in [-0.15, -0.1) is 0 Å². The first-order valence-corrected chi connectivity index (χ1v) is 11.7. The van der Waals surface area contributed by atoms with Gasteiger partial charge >= 0.3 is 0 Å². The lowest BCUT2D eigenvalue weighted by Crippen LogP contribution is -2.51. The van der Waals surface area contributed by atoms with E-state index < -0.39 is 0 Å². The highest BCUT2D eigenvalue weighted by Gasteiger charge is 2.28. The molecule has 6 nitrogen and oxygen atoms in total. The predicted octanol–water partition coefficient (Wildman–Crippen LogP) is 3.31. The summed E-state index contributed by atoms with van der Waals surface area (Å²) in [5, 5.41) is 0. The first-order chi connectivity index (χ1) is 15.0. The summed E-state index contributed by atoms with van der Waals surface area (Å²) in [5.41, 5.74) is 1.90. The number of amides is 1. The quantitative estimate of drug-likeness (QED) is 0.712. The number of likely N-dealkylation sites (tertiary alicyclic amines) is 1. The molecule has 4 rings (SSSR count). The van der Waals surface area contributed by atoms with Crippen molar-refractivity contribution in [3.63, 3.8) is 0 Å². The van der Waals surface area contributed by atoms with Gasteiger partial charge in [-0.05, 0) is 38.9 Å². The summed E-state index contributed by atoms with van der Waals surface area (Å²) in [6.07, 6.45) is 3.18. The van der Waals surface area contributed by atoms with E-state index in [1.807, 2.05) is 49.1 Å². The summed E-state index contributed by atoms with van der Waals surface area (Å²) in [4.78, 5) is 24.7. The molecule has 0 spiro atoms. The molecule has 2 aromatic rings. The molecule has 2 aliphatic heterocycles. The van der Waals surface area contributed by atoms with Crippen molar-refractivity contribution in [2.45, 2.75) is 33.1 Å². The smallest absolute Gasteiger partial charge is 0.225 e. The Kier molecular flexibility index (Phi) is 7.08. The lowest BCUT2D eigenvalue weighted by Gasteiger charge is -2.39. The van der Waals surface area contributed by atoms with Gasteiger partial charge in [-0.2, -0.15) is 0 Å². The third-order valence-corrected chi connectivity index (χ3v) is 6.80. The fourth-order valence-electron chi connectivity index (χ4n) is 4.87. The molecule has 1 atom stereocenters. The first kappa shape index (κ1) is 22.0. The zero-order chi connectivity index (χ0) is 21.8. The van der Waals surface area contributed by atoms with Gasteiger partial charge in [0.2, 0.25) is 5.91 Å². The summed E-state index contributed by atoms with van der Waals surface area (Å²) in [7, 11) is 2.21. The van der Waals surface area contributed by atoms with Crippen LogP contribution in [-0.2, 0) is 11.2 Å². The van der Waals surface area contributed by atoms with Crippen LogP contribution in [0.15, 0.2) is 34.7 Å². The minimum Gasteiger partial charge on any atom is -0.445 e. The van der Waals surface area contributed by atoms with E-state index in [-0.39, 0.29) is 11.8 Å². The Labute approximate surface area is 186 Å². The summed E-state index contributed by atoms with van der Waals surface area (Å²) in [6, 6.07) is 10.1. The molecule has 0 bridgehead atoms. The number of hydrogen-bond acceptors (Lipinski definition) is 5. The van der Waals surface area contributed by atoms with Gasteiger partial charge in [-0.3, -0.25) is 9.69 Å². The first-order valence-electron chi connectivity index (χ1n) is 11.7. The number of piperazine rings is 1. The molecule has 0 radical (unpaired) electrons. The van der Waals surface area contributed by atoms with Crippen molar-refractivity contribution < 1.29 is 9.21 Å². The second kappa shape index (κ2) is 9.96. The van der Waals surface area contributed by atoms with Crippen LogP contribution in [0.4, 0.5) is 0 Å². The highest BCUT2D eigenvalue weighted by molar-refractivity contribution is 5.79. The maximum Gasteiger partial charge on any atom is 0.225 e. The molecule has 1 amide bonds. The number of carbonyl (C=O) groups excluding carboxylic acids is 1. The normalized spacial score (nSPS) is 20.2. The number of piperidine rings is 1. The van der Waals surface area contributed by atoms with Gasteiger partial charge in [0.25, 0.3) is 0 Å². The molecule has 31 heavy (non-hydrogen) atoms. The van der Waals surface area contributed by atoms with Crippen molar-refractivity contribution in [1.82, 2.24) is 19.7 Å². The second-order valence-electron chi connectivity index (χ2n) is 9.35. The molecule has 3 heterocycles. The number of aromatic nitrogens is 1. The van der Waals surface area contributed by atoms with Gasteiger partial charge in [-0.25, -0.2) is 4.98 Å². The van der Waals surface area contributed by atoms with Gasteiger partial charge in [0.1, 0.15) is 11.5 Å². The monoisotopic (exact) mass is 424 g/mol. The number of carbonyl (C=O) groups is 1. The number of oxazole rings is 1. The van der Waals surface area contributed by atoms with Gasteiger partial charge in [0.15, 0.2) is 5.89 Å². The highest BCUT2D eigenvalue weighted by atomic mass is 16.4. The average molecular weight is 425 g/mol. The predicted molar refractivity (Wildman–Crippen MR) is 123 cm³/mol. The van der Waals surface area contributed by atoms with E-state index in [0.29, 0.717) is 12.3 Å². The molecule has 1 aromatic carbocycles. The van der Waals surface area contributed by atoms with Crippen LogP contribution < -0.4 is 0 Å². The van der Waals surface area contributed by atoms with Crippen molar-refractivity contribution in [2.75, 3.05) is 52.9 Å². The van der Waals surface area contributed by atoms with Gasteiger partial charge in [-0.1, -0.05) is 37.3 Å². The van der Waals surface area contributed by atoms with E-state index in [9.17, 15) is 4.79 Å². The molecular formula is C25H36N4O2. The average Bonchev–Trinajstić information content (AvgIpc) is 3.16. The van der Waals surface area contributed by atoms with Crippen LogP contribution in [0.2, 0.25) is 0 Å². The minimum absolute atomic E-state index is 0.116. The molecule has 1 unspecified atom stereocenters. The zero-order valence-corrected chi connectivity index (χ0v) is 19.2. The Bertz CT molecular complexity index is 850. The summed E-state index contributed by atoms with van der Waals surface area (Å²) < 4.78 is 5.89. The minimum atomic E-state index is -0.116. The maximum atomic E-state index is 13.1. The molecule has 1 aromatic heterocycles. The largest absolute Gasteiger partial charge is 0.445 e. The topological polar surface area (TPSA) is 52.8 Å². The van der Waals surface area contributed by atoms with Crippen molar-refractivity contribution in [3.8, 4) is 11.3 Å². The Hall–Kier alpha value is -2.18. The molecular weight excluding hydrogens is 388 g/mol. The van der Waals surface area contributed by atoms with Crippen LogP contribution >= 0.6 is 0 Å². The van der Waals surface area contributed by atoms with E-state index in [2.05, 4.69) is 21.8 Å². The molecule has 2 aliphatic rings. The van der Waals surface area contributed by atoms with Crippen LogP contribution in [0.3, 0.4) is 0 Å². The zero-order valence-electron chi connectivity index (χ0n) is 19.2. The van der Waals surface area contributed by atoms with Gasteiger partial charge in [0.05, 0.1) is 0 Å². The third-order valence-electron chi connectivity index (χ3n) is 6.80. The molecule has 168 valence electrons. The lowest BCUT2D eigenvalue weighted by molar-refractivity contribution is -0.136. The van der Waals surface area contributed by atoms with Crippen LogP contribution in [0.1, 0.15) is 31.4 Å². The molecule has 0 aliphatic carbocycles. The van der Waals surface area contributed by atoms with Crippen LogP contribution in [0, 0.1) is 18.8 Å². The Morgan fingerprint density at radius 2 is 1.77 bits per heavy atom. The molecule has 6 heteroatoms. The molecule has 2 saturated heterocycles. The Morgan fingerprint density at radius 3 is 2.45 bits per heavy atom. The Balaban J connectivity index is 1.30. The van der Waals surface area contributed by atoms with Crippen LogP contribution in [0.5, 0.6) is 0 Å². The van der Waals surface area contributed by atoms with Crippen LogP contribution in [-0.4, -0.2) is 78.5 Å². The van der Waals surface area contributed by atoms with E-state index in [4.69, 9.17) is 4.42 Å². The van der Waals surface area contributed by atoms with Crippen molar-refractivity contribution >= 4 is 5.91 Å². The number of benzene rings is 1. The van der Waals surface area contributed by atoms with E-state index >= 15 is 0 Å². The molecule has 0 saturated carbocycles. The van der Waals surface area contributed by atoms with E-state index in [1.54, 1.807) is 0 Å². The standard InChI is InChI=1S/C25H36N4O2/c1-19(17-23-24(26-20(2)31-23)22-7-5-4-6-8-22)25(30)29-15-13-28(14-16-29)18-21-9-11-27(3)12-10-21/h4-8,19,21H,9-18H2,1-3H3. The van der Waals surface area contributed by atoms with E-state index in [1.165, 1.54) is 32.5 Å². The lowest BCUT2D eigenvalue weighted by atomic mass is 9.96. The van der Waals surface area contributed by atoms with Crippen molar-refractivity contribution in [2.24, 2.45) is 11.8 Å². The number of nitrogens with zero attached hydrogens (tertiary/aromatic N) is 4. The maximum absolute atomic E-state index is 13.1. The van der Waals surface area contributed by atoms with Crippen molar-refractivity contribution in [3.05, 3.63) is 42.0 Å². The highest BCUT2D eigenvalue weighted by Crippen LogP contribution is 2.27. The van der Waals surface area contributed by atoms with E-state index in [0.717, 1.165) is 49.1 Å². The SMILES string of the molecule is Cc1nc(-c2ccccc2)c(CC(C)C(=O)N2CCN(CC3CCN(C)CC3)CC2)o1. The second-order valence-corrected chi connectivity index (χ2v) is 9.35. The number of rotatable bonds is 6. The van der Waals surface area contributed by atoms with Crippen molar-refractivity contribution in [1.29, 1.82) is 0 Å².